The van der Waals surface area contributed by atoms with Crippen LogP contribution in [-0.4, -0.2) is 13.1 Å². The van der Waals surface area contributed by atoms with Gasteiger partial charge < -0.3 is 4.90 Å². The lowest BCUT2D eigenvalue weighted by Gasteiger charge is -2.19. The van der Waals surface area contributed by atoms with E-state index >= 15 is 0 Å². The van der Waals surface area contributed by atoms with E-state index in [0.717, 1.165) is 6.42 Å². The summed E-state index contributed by atoms with van der Waals surface area (Å²) < 4.78 is 21.1. The van der Waals surface area contributed by atoms with E-state index in [1.54, 1.807) is 11.0 Å². The molecule has 0 radical (unpaired) electrons. The normalized spacial score (nSPS) is 21.9. The van der Waals surface area contributed by atoms with E-state index in [9.17, 15) is 4.39 Å². The first-order valence-electron chi connectivity index (χ1n) is 5.16. The first-order chi connectivity index (χ1) is 7.22. The van der Waals surface area contributed by atoms with Gasteiger partial charge in [0.2, 0.25) is 0 Å². The molecule has 1 heterocycles. The van der Waals surface area contributed by atoms with Crippen molar-refractivity contribution >= 4 is 5.69 Å². The van der Waals surface area contributed by atoms with Gasteiger partial charge in [0.25, 0.3) is 0 Å². The van der Waals surface area contributed by atoms with Crippen LogP contribution in [-0.2, 0) is 0 Å². The van der Waals surface area contributed by atoms with Crippen LogP contribution < -0.4 is 4.90 Å². The molecule has 0 amide bonds. The molecule has 1 atom stereocenters. The van der Waals surface area contributed by atoms with Crippen molar-refractivity contribution in [2.24, 2.45) is 0 Å². The fourth-order valence-corrected chi connectivity index (χ4v) is 1.72. The molecular weight excluding hydrogens is 179 g/mol. The lowest BCUT2D eigenvalue weighted by Crippen LogP contribution is -2.20. The quantitative estimate of drug-likeness (QED) is 0.681. The van der Waals surface area contributed by atoms with Crippen molar-refractivity contribution in [3.05, 3.63) is 29.6 Å². The molecule has 1 aromatic carbocycles. The molecule has 0 aliphatic carbocycles. The van der Waals surface area contributed by atoms with Crippen LogP contribution in [0.4, 0.5) is 10.1 Å². The zero-order valence-electron chi connectivity index (χ0n) is 8.70. The highest BCUT2D eigenvalue weighted by molar-refractivity contribution is 5.60. The fraction of sp³-hybridized carbons (Fsp3) is 0.364. The highest BCUT2D eigenvalue weighted by atomic mass is 19.1. The van der Waals surface area contributed by atoms with E-state index in [1.165, 1.54) is 12.1 Å². The third-order valence-corrected chi connectivity index (χ3v) is 2.38. The van der Waals surface area contributed by atoms with Gasteiger partial charge in [-0.25, -0.2) is 4.39 Å². The molecule has 1 fully saturated rings. The Morgan fingerprint density at radius 2 is 2.36 bits per heavy atom. The third kappa shape index (κ3) is 1.44. The van der Waals surface area contributed by atoms with E-state index in [2.05, 4.69) is 0 Å². The fourth-order valence-electron chi connectivity index (χ4n) is 1.72. The summed E-state index contributed by atoms with van der Waals surface area (Å²) in [7, 11) is 0. The van der Waals surface area contributed by atoms with Crippen molar-refractivity contribution < 1.29 is 5.76 Å². The first kappa shape index (κ1) is 7.81. The Bertz CT molecular complexity index is 414. The maximum atomic E-state index is 13.6. The Morgan fingerprint density at radius 1 is 1.50 bits per heavy atom. The van der Waals surface area contributed by atoms with Crippen LogP contribution in [0.15, 0.2) is 18.2 Å². The second-order valence-corrected chi connectivity index (χ2v) is 3.27. The zero-order chi connectivity index (χ0) is 10.8. The minimum absolute atomic E-state index is 0.170. The van der Waals surface area contributed by atoms with Crippen LogP contribution in [0, 0.1) is 17.1 Å². The largest absolute Gasteiger partial charge is 0.368 e. The molecular formula is C11H11FN2. The summed E-state index contributed by atoms with van der Waals surface area (Å²) in [5.74, 6) is -0.372. The lowest BCUT2D eigenvalue weighted by molar-refractivity contribution is 0.622. The molecule has 0 spiro atoms. The van der Waals surface area contributed by atoms with E-state index in [4.69, 9.17) is 6.63 Å². The molecule has 2 nitrogen and oxygen atoms in total. The summed E-state index contributed by atoms with van der Waals surface area (Å²) in [5.41, 5.74) is 0.707. The minimum Gasteiger partial charge on any atom is -0.368 e. The molecule has 3 heteroatoms. The summed E-state index contributed by atoms with van der Waals surface area (Å²) in [6.45, 7) is 1.17. The monoisotopic (exact) mass is 191 g/mol. The molecule has 1 saturated heterocycles. The Morgan fingerprint density at radius 3 is 3.00 bits per heavy atom. The summed E-state index contributed by atoms with van der Waals surface area (Å²) in [5, 5.41) is 8.88. The van der Waals surface area contributed by atoms with Crippen molar-refractivity contribution in [1.82, 2.24) is 0 Å². The molecule has 1 aliphatic rings. The van der Waals surface area contributed by atoms with Crippen LogP contribution in [0.25, 0.3) is 0 Å². The van der Waals surface area contributed by atoms with E-state index in [1.807, 2.05) is 6.07 Å². The highest BCUT2D eigenvalue weighted by Crippen LogP contribution is 2.26. The maximum Gasteiger partial charge on any atom is 0.147 e. The first-order valence-corrected chi connectivity index (χ1v) is 4.58. The standard InChI is InChI=1S/C11H11FN2/c12-10-5-3-4-9(8-13)11(10)14-6-1-2-7-14/h3-5H,1-2,6-7H2/i1D/t1-/m1/s1. The van der Waals surface area contributed by atoms with Gasteiger partial charge in [0.15, 0.2) is 0 Å². The molecule has 0 bridgehead atoms. The number of anilines is 1. The summed E-state index contributed by atoms with van der Waals surface area (Å²) in [4.78, 5) is 1.78. The van der Waals surface area contributed by atoms with Gasteiger partial charge in [-0.1, -0.05) is 6.07 Å². The second kappa shape index (κ2) is 3.67. The van der Waals surface area contributed by atoms with E-state index < -0.39 is 0 Å². The number of hydrogen-bond acceptors (Lipinski definition) is 2. The molecule has 0 unspecified atom stereocenters. The average molecular weight is 191 g/mol. The minimum atomic E-state index is -0.372. The Kier molecular flexibility index (Phi) is 2.05. The molecule has 0 aromatic heterocycles. The Hall–Kier alpha value is -1.56. The summed E-state index contributed by atoms with van der Waals surface area (Å²) >= 11 is 0. The smallest absolute Gasteiger partial charge is 0.147 e. The molecule has 2 rings (SSSR count). The molecule has 0 N–H and O–H groups in total. The molecule has 0 saturated carbocycles. The summed E-state index contributed by atoms with van der Waals surface area (Å²) in [6, 6.07) is 6.48. The van der Waals surface area contributed by atoms with Gasteiger partial charge in [0, 0.05) is 14.5 Å². The predicted octanol–water partition coefficient (Wildman–Crippen LogP) is 2.30. The van der Waals surface area contributed by atoms with Crippen molar-refractivity contribution in [3.8, 4) is 6.07 Å². The topological polar surface area (TPSA) is 27.0 Å². The van der Waals surface area contributed by atoms with Crippen LogP contribution in [0.5, 0.6) is 0 Å². The number of halogens is 1. The van der Waals surface area contributed by atoms with Crippen molar-refractivity contribution in [3.63, 3.8) is 0 Å². The zero-order valence-corrected chi connectivity index (χ0v) is 7.70. The molecule has 14 heavy (non-hydrogen) atoms. The number of nitrogens with zero attached hydrogens (tertiary/aromatic N) is 2. The van der Waals surface area contributed by atoms with Crippen molar-refractivity contribution in [2.75, 3.05) is 18.0 Å². The van der Waals surface area contributed by atoms with Crippen LogP contribution in [0.2, 0.25) is 0 Å². The van der Waals surface area contributed by atoms with Gasteiger partial charge in [0.05, 0.1) is 11.3 Å². The SMILES string of the molecule is [2H][C@@H]1CCN(c2c(F)cccc2C#N)C1. The molecule has 1 aliphatic heterocycles. The van der Waals surface area contributed by atoms with Crippen LogP contribution >= 0.6 is 0 Å². The van der Waals surface area contributed by atoms with Gasteiger partial charge >= 0.3 is 0 Å². The number of benzene rings is 1. The molecule has 72 valence electrons. The average Bonchev–Trinajstić information content (AvgIpc) is 2.64. The van der Waals surface area contributed by atoms with Gasteiger partial charge in [-0.3, -0.25) is 0 Å². The van der Waals surface area contributed by atoms with Gasteiger partial charge in [0.1, 0.15) is 11.9 Å². The van der Waals surface area contributed by atoms with Gasteiger partial charge in [-0.05, 0) is 25.0 Å². The third-order valence-electron chi connectivity index (χ3n) is 2.38. The number of rotatable bonds is 1. The summed E-state index contributed by atoms with van der Waals surface area (Å²) in [6.07, 6.45) is 0.565. The van der Waals surface area contributed by atoms with E-state index in [-0.39, 0.29) is 12.2 Å². The predicted molar refractivity (Wildman–Crippen MR) is 52.6 cm³/mol. The number of hydrogen-bond donors (Lipinski definition) is 0. The Balaban J connectivity index is 2.39. The number of nitriles is 1. The van der Waals surface area contributed by atoms with Crippen LogP contribution in [0.3, 0.4) is 0 Å². The van der Waals surface area contributed by atoms with Gasteiger partial charge in [-0.2, -0.15) is 5.26 Å². The van der Waals surface area contributed by atoms with E-state index in [0.29, 0.717) is 24.3 Å². The van der Waals surface area contributed by atoms with Crippen molar-refractivity contribution in [1.29, 1.82) is 5.26 Å². The number of para-hydroxylation sites is 1. The maximum absolute atomic E-state index is 13.6. The highest BCUT2D eigenvalue weighted by Gasteiger charge is 2.18. The van der Waals surface area contributed by atoms with Crippen molar-refractivity contribution in [2.45, 2.75) is 12.8 Å². The molecule has 1 aromatic rings. The Labute approximate surface area is 84.0 Å². The van der Waals surface area contributed by atoms with Crippen LogP contribution in [0.1, 0.15) is 19.8 Å². The second-order valence-electron chi connectivity index (χ2n) is 3.27. The van der Waals surface area contributed by atoms with Gasteiger partial charge in [-0.15, -0.1) is 0 Å². The lowest BCUT2D eigenvalue weighted by atomic mass is 10.1.